The van der Waals surface area contributed by atoms with Crippen LogP contribution < -0.4 is 27.0 Å². The molecule has 0 bridgehead atoms. The second-order valence-electron chi connectivity index (χ2n) is 7.55. The molecular formula is C21H43N7O4Si. The minimum Gasteiger partial charge on any atom is -0.377 e. The fourth-order valence-electron chi connectivity index (χ4n) is 3.19. The highest BCUT2D eigenvalue weighted by Crippen LogP contribution is 2.17. The van der Waals surface area contributed by atoms with Crippen LogP contribution in [0.15, 0.2) is 21.8 Å². The molecule has 33 heavy (non-hydrogen) atoms. The normalized spacial score (nSPS) is 14.2. The van der Waals surface area contributed by atoms with Crippen LogP contribution in [0.1, 0.15) is 52.9 Å². The van der Waals surface area contributed by atoms with Crippen molar-refractivity contribution in [2.75, 3.05) is 46.5 Å². The maximum atomic E-state index is 11.9. The van der Waals surface area contributed by atoms with Crippen molar-refractivity contribution < 1.29 is 18.1 Å². The Morgan fingerprint density at radius 2 is 1.82 bits per heavy atom. The molecule has 11 nitrogen and oxygen atoms in total. The summed E-state index contributed by atoms with van der Waals surface area (Å²) in [7, 11) is -0.939. The quantitative estimate of drug-likeness (QED) is 0.0968. The third-order valence-electron chi connectivity index (χ3n) is 4.85. The molecule has 0 aromatic carbocycles. The van der Waals surface area contributed by atoms with Crippen LogP contribution in [0, 0.1) is 0 Å². The summed E-state index contributed by atoms with van der Waals surface area (Å²) in [5.41, 5.74) is 6.92. The number of nitrogens with one attached hydrogen (secondary N) is 4. The number of amides is 2. The number of urea groups is 1. The molecule has 6 N–H and O–H groups in total. The lowest BCUT2D eigenvalue weighted by Crippen LogP contribution is -2.46. The Kier molecular flexibility index (Phi) is 15.2. The van der Waals surface area contributed by atoms with E-state index in [-0.39, 0.29) is 6.03 Å². The zero-order valence-electron chi connectivity index (χ0n) is 20.7. The summed E-state index contributed by atoms with van der Waals surface area (Å²) in [5.74, 6) is 0.941. The summed E-state index contributed by atoms with van der Waals surface area (Å²) in [6, 6.07) is 0.476. The molecule has 0 radical (unpaired) electrons. The summed E-state index contributed by atoms with van der Waals surface area (Å²) in [4.78, 5) is 20.4. The van der Waals surface area contributed by atoms with Gasteiger partial charge in [0.25, 0.3) is 0 Å². The largest absolute Gasteiger partial charge is 0.500 e. The number of nitrogens with two attached hydrogens (primary N) is 1. The maximum absolute atomic E-state index is 11.9. The number of guanidine groups is 2. The zero-order chi connectivity index (χ0) is 24.4. The van der Waals surface area contributed by atoms with E-state index in [9.17, 15) is 4.79 Å². The molecule has 12 heteroatoms. The van der Waals surface area contributed by atoms with Crippen molar-refractivity contribution >= 4 is 26.8 Å². The van der Waals surface area contributed by atoms with Gasteiger partial charge in [-0.05, 0) is 46.1 Å². The number of hydrogen-bond donors (Lipinski definition) is 5. The highest BCUT2D eigenvalue weighted by atomic mass is 28.4. The van der Waals surface area contributed by atoms with Crippen molar-refractivity contribution in [2.24, 2.45) is 15.7 Å². The average Bonchev–Trinajstić information content (AvgIpc) is 2.78. The van der Waals surface area contributed by atoms with Crippen LogP contribution in [-0.4, -0.2) is 73.3 Å². The van der Waals surface area contributed by atoms with Crippen LogP contribution in [0.5, 0.6) is 0 Å². The molecule has 1 aliphatic rings. The lowest BCUT2D eigenvalue weighted by Gasteiger charge is -2.26. The lowest BCUT2D eigenvalue weighted by atomic mass is 10.2. The predicted octanol–water partition coefficient (Wildman–Crippen LogP) is 1.66. The van der Waals surface area contributed by atoms with Gasteiger partial charge in [-0.25, -0.2) is 9.79 Å². The summed E-state index contributed by atoms with van der Waals surface area (Å²) in [5, 5.41) is 11.7. The van der Waals surface area contributed by atoms with E-state index in [0.29, 0.717) is 44.8 Å². The van der Waals surface area contributed by atoms with Crippen LogP contribution >= 0.6 is 0 Å². The molecule has 0 saturated carbocycles. The second kappa shape index (κ2) is 17.3. The summed E-state index contributed by atoms with van der Waals surface area (Å²) in [6.45, 7) is 9.54. The molecule has 0 fully saturated rings. The van der Waals surface area contributed by atoms with Crippen molar-refractivity contribution in [2.45, 2.75) is 58.9 Å². The predicted molar refractivity (Wildman–Crippen MR) is 134 cm³/mol. The summed E-state index contributed by atoms with van der Waals surface area (Å²) >= 11 is 0. The molecule has 1 aliphatic heterocycles. The highest BCUT2D eigenvalue weighted by molar-refractivity contribution is 6.60. The molecule has 1 rings (SSSR count). The van der Waals surface area contributed by atoms with Crippen molar-refractivity contribution in [3.05, 3.63) is 11.8 Å². The van der Waals surface area contributed by atoms with E-state index in [1.54, 1.807) is 7.11 Å². The fourth-order valence-corrected chi connectivity index (χ4v) is 5.47. The first kappa shape index (κ1) is 28.9. The first-order valence-electron chi connectivity index (χ1n) is 11.8. The number of nitrogens with zero attached hydrogens (tertiary/aromatic N) is 2. The highest BCUT2D eigenvalue weighted by Gasteiger charge is 2.38. The van der Waals surface area contributed by atoms with Crippen LogP contribution in [0.3, 0.4) is 0 Å². The number of carbonyl (C=O) groups is 1. The van der Waals surface area contributed by atoms with Gasteiger partial charge >= 0.3 is 14.8 Å². The van der Waals surface area contributed by atoms with Crippen LogP contribution in [0.4, 0.5) is 4.79 Å². The van der Waals surface area contributed by atoms with Gasteiger partial charge in [0.2, 0.25) is 5.96 Å². The lowest BCUT2D eigenvalue weighted by molar-refractivity contribution is 0.0863. The zero-order valence-corrected chi connectivity index (χ0v) is 21.7. The molecule has 190 valence electrons. The number of hydrogen-bond acceptors (Lipinski definition) is 7. The van der Waals surface area contributed by atoms with E-state index >= 15 is 0 Å². The van der Waals surface area contributed by atoms with Crippen LogP contribution in [0.25, 0.3) is 0 Å². The minimum atomic E-state index is -2.58. The number of unbranched alkanes of at least 4 members (excludes halogenated alkanes) is 3. The molecule has 0 aromatic rings. The summed E-state index contributed by atoms with van der Waals surface area (Å²) in [6.07, 6.45) is 6.73. The van der Waals surface area contributed by atoms with Gasteiger partial charge in [-0.3, -0.25) is 10.3 Å². The summed E-state index contributed by atoms with van der Waals surface area (Å²) < 4.78 is 17.1. The number of rotatable bonds is 16. The minimum absolute atomic E-state index is 0.241. The van der Waals surface area contributed by atoms with Crippen molar-refractivity contribution in [3.8, 4) is 0 Å². The SMILES string of the molecule is CCO[Si](CCCN=C(N)NCCCCCCNC(=O)NC1=NCC=C(C)N1)(OC)OCC. The van der Waals surface area contributed by atoms with E-state index in [1.165, 1.54) is 0 Å². The number of allylic oxidation sites excluding steroid dienone is 1. The molecule has 2 amide bonds. The average molecular weight is 486 g/mol. The first-order valence-corrected chi connectivity index (χ1v) is 13.8. The third-order valence-corrected chi connectivity index (χ3v) is 7.90. The fraction of sp³-hybridized carbons (Fsp3) is 0.762. The van der Waals surface area contributed by atoms with Gasteiger partial charge < -0.3 is 35.0 Å². The second-order valence-corrected chi connectivity index (χ2v) is 10.4. The topological polar surface area (TPSA) is 144 Å². The van der Waals surface area contributed by atoms with Gasteiger partial charge in [0.15, 0.2) is 5.96 Å². The Hall–Kier alpha value is -2.15. The van der Waals surface area contributed by atoms with E-state index in [0.717, 1.165) is 50.4 Å². The number of aliphatic imine (C=N–C) groups is 2. The standard InChI is InChI=1S/C21H43N7O4Si/c1-5-31-33(30-4,32-6-2)17-11-15-24-19(22)23-13-9-7-8-10-14-26-21(29)28-20-25-16-12-18(3)27-20/h12H,5-11,13-17H2,1-4H3,(H3,22,23,24)(H3,25,26,27,28,29). The molecule has 0 spiro atoms. The van der Waals surface area contributed by atoms with E-state index in [1.807, 2.05) is 26.8 Å². The van der Waals surface area contributed by atoms with Crippen molar-refractivity contribution in [1.29, 1.82) is 0 Å². The Labute approximate surface area is 199 Å². The Balaban J connectivity index is 2.04. The van der Waals surface area contributed by atoms with Crippen molar-refractivity contribution in [3.63, 3.8) is 0 Å². The molecule has 0 saturated heterocycles. The third kappa shape index (κ3) is 13.2. The molecule has 0 aromatic heterocycles. The van der Waals surface area contributed by atoms with Crippen LogP contribution in [-0.2, 0) is 13.3 Å². The molecule has 0 atom stereocenters. The van der Waals surface area contributed by atoms with Gasteiger partial charge in [0.05, 0.1) is 6.54 Å². The van der Waals surface area contributed by atoms with E-state index in [4.69, 9.17) is 19.0 Å². The van der Waals surface area contributed by atoms with Gasteiger partial charge in [0.1, 0.15) is 0 Å². The number of carbonyl (C=O) groups excluding carboxylic acids is 1. The smallest absolute Gasteiger partial charge is 0.377 e. The van der Waals surface area contributed by atoms with Gasteiger partial charge in [-0.2, -0.15) is 0 Å². The van der Waals surface area contributed by atoms with Crippen LogP contribution in [0.2, 0.25) is 6.04 Å². The molecule has 0 aliphatic carbocycles. The van der Waals surface area contributed by atoms with E-state index < -0.39 is 8.80 Å². The Bertz CT molecular complexity index is 653. The maximum Gasteiger partial charge on any atom is 0.500 e. The first-order chi connectivity index (χ1) is 15.9. The van der Waals surface area contributed by atoms with Gasteiger partial charge in [-0.1, -0.05) is 12.8 Å². The molecule has 1 heterocycles. The Morgan fingerprint density at radius 1 is 1.15 bits per heavy atom. The molecular weight excluding hydrogens is 442 g/mol. The van der Waals surface area contributed by atoms with Crippen molar-refractivity contribution in [1.82, 2.24) is 21.3 Å². The Morgan fingerprint density at radius 3 is 2.42 bits per heavy atom. The monoisotopic (exact) mass is 485 g/mol. The van der Waals surface area contributed by atoms with Gasteiger partial charge in [-0.15, -0.1) is 0 Å². The molecule has 0 unspecified atom stereocenters. The van der Waals surface area contributed by atoms with Gasteiger partial charge in [0, 0.05) is 51.7 Å². The van der Waals surface area contributed by atoms with E-state index in [2.05, 4.69) is 31.3 Å².